The van der Waals surface area contributed by atoms with Crippen LogP contribution in [0, 0.1) is 11.3 Å². The zero-order valence-electron chi connectivity index (χ0n) is 17.9. The maximum atomic E-state index is 9.19. The van der Waals surface area contributed by atoms with E-state index in [0.717, 1.165) is 17.7 Å². The van der Waals surface area contributed by atoms with Gasteiger partial charge in [-0.1, -0.05) is 6.07 Å². The number of hydrogen-bond acceptors (Lipinski definition) is 10. The average Bonchev–Trinajstić information content (AvgIpc) is 3.21. The number of nitrogens with one attached hydrogen (secondary N) is 2. The van der Waals surface area contributed by atoms with Crippen LogP contribution in [0.3, 0.4) is 0 Å². The third-order valence-electron chi connectivity index (χ3n) is 3.68. The molecular formula is C19H25N7O6S. The van der Waals surface area contributed by atoms with Gasteiger partial charge in [0.05, 0.1) is 43.6 Å². The SMILES string of the molecule is COc1cccc(OCCCN)c1-c1cc(Nc2cnc(C#N)cn2)n[nH]1.CS(=O)(=O)O.O. The lowest BCUT2D eigenvalue weighted by Crippen LogP contribution is -2.07. The first-order valence-corrected chi connectivity index (χ1v) is 11.1. The molecule has 178 valence electrons. The van der Waals surface area contributed by atoms with Crippen molar-refractivity contribution in [1.29, 1.82) is 5.26 Å². The molecule has 13 nitrogen and oxygen atoms in total. The summed E-state index contributed by atoms with van der Waals surface area (Å²) in [5.74, 6) is 2.36. The minimum Gasteiger partial charge on any atom is -0.496 e. The standard InChI is InChI=1S/C18H19N7O2.CH4O3S.H2O/c1-26-14-4-2-5-15(27-7-3-6-19)18(14)13-8-16(25-24-13)23-17-11-21-12(9-20)10-22-17;1-5(2,3)4;/h2,4-5,8,10-11H,3,6-7,19H2,1H3,(H2,22,23,24,25);1H3,(H,2,3,4);1H2. The summed E-state index contributed by atoms with van der Waals surface area (Å²) in [6, 6.07) is 9.32. The van der Waals surface area contributed by atoms with E-state index in [1.54, 1.807) is 7.11 Å². The number of rotatable bonds is 8. The summed E-state index contributed by atoms with van der Waals surface area (Å²) in [6.07, 6.45) is 4.33. The molecule has 33 heavy (non-hydrogen) atoms. The van der Waals surface area contributed by atoms with E-state index in [4.69, 9.17) is 25.0 Å². The topological polar surface area (TPSA) is 221 Å². The van der Waals surface area contributed by atoms with Crippen molar-refractivity contribution in [1.82, 2.24) is 20.2 Å². The Kier molecular flexibility index (Phi) is 10.7. The Morgan fingerprint density at radius 1 is 1.24 bits per heavy atom. The van der Waals surface area contributed by atoms with Gasteiger partial charge in [0, 0.05) is 6.07 Å². The highest BCUT2D eigenvalue weighted by atomic mass is 32.2. The molecule has 0 saturated carbocycles. The monoisotopic (exact) mass is 479 g/mol. The number of hydrogen-bond donors (Lipinski definition) is 4. The van der Waals surface area contributed by atoms with E-state index >= 15 is 0 Å². The molecular weight excluding hydrogens is 454 g/mol. The van der Waals surface area contributed by atoms with Crippen molar-refractivity contribution >= 4 is 21.8 Å². The van der Waals surface area contributed by atoms with Gasteiger partial charge in [-0.25, -0.2) is 9.97 Å². The molecule has 0 spiro atoms. The predicted molar refractivity (Wildman–Crippen MR) is 121 cm³/mol. The number of nitrogens with zero attached hydrogens (tertiary/aromatic N) is 4. The fraction of sp³-hybridized carbons (Fsp3) is 0.263. The van der Waals surface area contributed by atoms with Gasteiger partial charge >= 0.3 is 0 Å². The first-order chi connectivity index (χ1) is 15.2. The lowest BCUT2D eigenvalue weighted by molar-refractivity contribution is 0.312. The van der Waals surface area contributed by atoms with Gasteiger partial charge in [0.2, 0.25) is 0 Å². The fourth-order valence-electron chi connectivity index (χ4n) is 2.43. The van der Waals surface area contributed by atoms with Gasteiger partial charge in [-0.15, -0.1) is 0 Å². The number of ether oxygens (including phenoxy) is 2. The van der Waals surface area contributed by atoms with Gasteiger partial charge < -0.3 is 26.0 Å². The van der Waals surface area contributed by atoms with E-state index in [2.05, 4.69) is 25.5 Å². The van der Waals surface area contributed by atoms with Gasteiger partial charge in [-0.05, 0) is 25.1 Å². The van der Waals surface area contributed by atoms with Crippen molar-refractivity contribution in [3.8, 4) is 28.8 Å². The molecule has 14 heteroatoms. The molecule has 0 saturated heterocycles. The quantitative estimate of drug-likeness (QED) is 0.262. The number of anilines is 2. The number of methoxy groups -OCH3 is 1. The van der Waals surface area contributed by atoms with Crippen LogP contribution in [0.15, 0.2) is 36.7 Å². The Morgan fingerprint density at radius 3 is 2.52 bits per heavy atom. The zero-order valence-corrected chi connectivity index (χ0v) is 18.8. The fourth-order valence-corrected chi connectivity index (χ4v) is 2.43. The molecule has 2 heterocycles. The first-order valence-electron chi connectivity index (χ1n) is 9.22. The molecule has 3 rings (SSSR count). The van der Waals surface area contributed by atoms with Gasteiger partial charge in [-0.3, -0.25) is 9.65 Å². The number of aromatic amines is 1. The van der Waals surface area contributed by atoms with Crippen molar-refractivity contribution in [2.24, 2.45) is 5.73 Å². The van der Waals surface area contributed by atoms with Gasteiger partial charge in [0.15, 0.2) is 11.5 Å². The second-order valence-electron chi connectivity index (χ2n) is 6.25. The molecule has 0 aliphatic carbocycles. The minimum absolute atomic E-state index is 0. The van der Waals surface area contributed by atoms with Crippen LogP contribution in [0.5, 0.6) is 11.5 Å². The lowest BCUT2D eigenvalue weighted by atomic mass is 10.1. The van der Waals surface area contributed by atoms with Crippen molar-refractivity contribution in [2.75, 3.05) is 31.8 Å². The molecule has 2 aromatic heterocycles. The van der Waals surface area contributed by atoms with E-state index in [0.29, 0.717) is 42.5 Å². The maximum Gasteiger partial charge on any atom is 0.261 e. The largest absolute Gasteiger partial charge is 0.496 e. The Morgan fingerprint density at radius 2 is 1.94 bits per heavy atom. The highest BCUT2D eigenvalue weighted by molar-refractivity contribution is 7.85. The Balaban J connectivity index is 0.000000821. The molecule has 0 bridgehead atoms. The minimum atomic E-state index is -3.67. The molecule has 1 aromatic carbocycles. The lowest BCUT2D eigenvalue weighted by Gasteiger charge is -2.13. The van der Waals surface area contributed by atoms with Crippen LogP contribution in [0.2, 0.25) is 0 Å². The summed E-state index contributed by atoms with van der Waals surface area (Å²) in [4.78, 5) is 8.08. The summed E-state index contributed by atoms with van der Waals surface area (Å²) in [5, 5.41) is 19.0. The number of aromatic nitrogens is 4. The van der Waals surface area contributed by atoms with Crippen LogP contribution >= 0.6 is 0 Å². The second-order valence-corrected chi connectivity index (χ2v) is 7.71. The third-order valence-corrected chi connectivity index (χ3v) is 3.68. The molecule has 0 atom stereocenters. The average molecular weight is 480 g/mol. The van der Waals surface area contributed by atoms with E-state index < -0.39 is 10.1 Å². The Labute approximate surface area is 190 Å². The molecule has 0 aliphatic heterocycles. The predicted octanol–water partition coefficient (Wildman–Crippen LogP) is 0.897. The van der Waals surface area contributed by atoms with Crippen LogP contribution in [0.1, 0.15) is 12.1 Å². The summed E-state index contributed by atoms with van der Waals surface area (Å²) in [7, 11) is -2.07. The highest BCUT2D eigenvalue weighted by Crippen LogP contribution is 2.38. The van der Waals surface area contributed by atoms with Gasteiger partial charge in [-0.2, -0.15) is 18.8 Å². The smallest absolute Gasteiger partial charge is 0.261 e. The van der Waals surface area contributed by atoms with Crippen LogP contribution < -0.4 is 20.5 Å². The second kappa shape index (κ2) is 12.9. The van der Waals surface area contributed by atoms with E-state index in [1.165, 1.54) is 12.4 Å². The molecule has 0 radical (unpaired) electrons. The van der Waals surface area contributed by atoms with E-state index in [1.807, 2.05) is 30.3 Å². The van der Waals surface area contributed by atoms with E-state index in [-0.39, 0.29) is 11.2 Å². The number of nitriles is 1. The molecule has 7 N–H and O–H groups in total. The van der Waals surface area contributed by atoms with Gasteiger partial charge in [0.25, 0.3) is 10.1 Å². The molecule has 0 unspecified atom stereocenters. The highest BCUT2D eigenvalue weighted by Gasteiger charge is 2.16. The van der Waals surface area contributed by atoms with Crippen molar-refractivity contribution in [3.63, 3.8) is 0 Å². The van der Waals surface area contributed by atoms with Crippen molar-refractivity contribution in [3.05, 3.63) is 42.4 Å². The van der Waals surface area contributed by atoms with Crippen LogP contribution in [-0.4, -0.2) is 65.1 Å². The summed E-state index contributed by atoms with van der Waals surface area (Å²) < 4.78 is 37.2. The van der Waals surface area contributed by atoms with Crippen molar-refractivity contribution < 1.29 is 27.9 Å². The maximum absolute atomic E-state index is 9.19. The zero-order chi connectivity index (χ0) is 23.6. The van der Waals surface area contributed by atoms with Crippen LogP contribution in [-0.2, 0) is 10.1 Å². The molecule has 3 aromatic rings. The Hall–Kier alpha value is -3.77. The molecule has 0 fully saturated rings. The Bertz CT molecular complexity index is 1150. The number of nitrogens with two attached hydrogens (primary N) is 1. The van der Waals surface area contributed by atoms with Crippen LogP contribution in [0.25, 0.3) is 11.3 Å². The first kappa shape index (κ1) is 27.3. The normalized spacial score (nSPS) is 10.2. The summed E-state index contributed by atoms with van der Waals surface area (Å²) in [5.41, 5.74) is 7.27. The van der Waals surface area contributed by atoms with Crippen LogP contribution in [0.4, 0.5) is 11.6 Å². The third kappa shape index (κ3) is 9.09. The van der Waals surface area contributed by atoms with E-state index in [9.17, 15) is 8.42 Å². The van der Waals surface area contributed by atoms with Crippen molar-refractivity contribution in [2.45, 2.75) is 6.42 Å². The number of benzene rings is 1. The molecule has 0 aliphatic rings. The summed E-state index contributed by atoms with van der Waals surface area (Å²) >= 11 is 0. The molecule has 0 amide bonds. The number of H-pyrrole nitrogens is 1. The van der Waals surface area contributed by atoms with Gasteiger partial charge in [0.1, 0.15) is 23.4 Å². The summed E-state index contributed by atoms with van der Waals surface area (Å²) in [6.45, 7) is 1.07.